The van der Waals surface area contributed by atoms with E-state index >= 15 is 0 Å². The minimum Gasteiger partial charge on any atom is -0.503 e. The molecule has 0 spiro atoms. The molecule has 144 valence electrons. The number of hydrogen-bond acceptors (Lipinski definition) is 6. The molecule has 2 aromatic heterocycles. The molecule has 27 heavy (non-hydrogen) atoms. The number of aliphatic hydroxyl groups is 1. The average Bonchev–Trinajstić information content (AvgIpc) is 3.34. The molecular weight excluding hydrogens is 366 g/mol. The van der Waals surface area contributed by atoms with Crippen LogP contribution in [0.15, 0.2) is 45.6 Å². The third kappa shape index (κ3) is 3.84. The summed E-state index contributed by atoms with van der Waals surface area (Å²) in [7, 11) is 0. The third-order valence-electron chi connectivity index (χ3n) is 4.44. The molecule has 0 fully saturated rings. The van der Waals surface area contributed by atoms with Crippen LogP contribution in [0.4, 0.5) is 0 Å². The van der Waals surface area contributed by atoms with Crippen molar-refractivity contribution < 1.29 is 23.8 Å². The van der Waals surface area contributed by atoms with Crippen molar-refractivity contribution in [2.75, 3.05) is 13.2 Å². The van der Waals surface area contributed by atoms with Crippen LogP contribution in [0.5, 0.6) is 0 Å². The van der Waals surface area contributed by atoms with Gasteiger partial charge < -0.3 is 19.2 Å². The van der Waals surface area contributed by atoms with Crippen molar-refractivity contribution in [2.45, 2.75) is 39.3 Å². The van der Waals surface area contributed by atoms with E-state index in [2.05, 4.69) is 0 Å². The predicted molar refractivity (Wildman–Crippen MR) is 102 cm³/mol. The van der Waals surface area contributed by atoms with E-state index in [-0.39, 0.29) is 17.4 Å². The Kier molecular flexibility index (Phi) is 5.82. The summed E-state index contributed by atoms with van der Waals surface area (Å²) in [6.45, 7) is 6.71. The summed E-state index contributed by atoms with van der Waals surface area (Å²) in [5.74, 6) is -1.40. The second-order valence-corrected chi connectivity index (χ2v) is 7.66. The van der Waals surface area contributed by atoms with Gasteiger partial charge in [0.1, 0.15) is 0 Å². The summed E-state index contributed by atoms with van der Waals surface area (Å²) >= 11 is 1.46. The van der Waals surface area contributed by atoms with Crippen molar-refractivity contribution in [2.24, 2.45) is 0 Å². The summed E-state index contributed by atoms with van der Waals surface area (Å²) in [5.41, 5.74) is 1.05. The number of thiophene rings is 1. The van der Waals surface area contributed by atoms with Gasteiger partial charge in [0.15, 0.2) is 11.5 Å². The number of ether oxygens (including phenoxy) is 1. The largest absolute Gasteiger partial charge is 0.503 e. The number of rotatable bonds is 8. The molecule has 3 heterocycles. The zero-order valence-corrected chi connectivity index (χ0v) is 16.4. The van der Waals surface area contributed by atoms with Crippen molar-refractivity contribution in [1.29, 1.82) is 0 Å². The molecule has 2 aromatic rings. The standard InChI is InChI=1S/C20H23NO5S/c1-12(2)25-10-5-8-21-16(19-13(3)7-11-27-19)15(18(23)20(21)24)17(22)14-6-4-9-26-14/h4,6-7,9,11-12,16,23H,5,8,10H2,1-3H3. The van der Waals surface area contributed by atoms with Crippen LogP contribution in [0.3, 0.4) is 0 Å². The Labute approximate surface area is 162 Å². The molecule has 0 bridgehead atoms. The Morgan fingerprint density at radius 3 is 2.78 bits per heavy atom. The van der Waals surface area contributed by atoms with Crippen molar-refractivity contribution in [3.05, 3.63) is 57.4 Å². The summed E-state index contributed by atoms with van der Waals surface area (Å²) in [6, 6.07) is 4.46. The van der Waals surface area contributed by atoms with Gasteiger partial charge in [-0.3, -0.25) is 9.59 Å². The molecule has 7 heteroatoms. The summed E-state index contributed by atoms with van der Waals surface area (Å²) in [6.07, 6.45) is 2.12. The van der Waals surface area contributed by atoms with Gasteiger partial charge in [0.05, 0.1) is 24.0 Å². The summed E-state index contributed by atoms with van der Waals surface area (Å²) in [5, 5.41) is 12.4. The van der Waals surface area contributed by atoms with Gasteiger partial charge in [-0.2, -0.15) is 0 Å². The number of furan rings is 1. The highest BCUT2D eigenvalue weighted by Gasteiger charge is 2.45. The highest BCUT2D eigenvalue weighted by molar-refractivity contribution is 7.10. The summed E-state index contributed by atoms with van der Waals surface area (Å²) in [4.78, 5) is 28.1. The first-order valence-electron chi connectivity index (χ1n) is 8.89. The molecule has 0 aliphatic carbocycles. The SMILES string of the molecule is Cc1ccsc1C1C(C(=O)c2ccco2)=C(O)C(=O)N1CCCOC(C)C. The fourth-order valence-electron chi connectivity index (χ4n) is 3.15. The van der Waals surface area contributed by atoms with Crippen molar-refractivity contribution in [3.63, 3.8) is 0 Å². The lowest BCUT2D eigenvalue weighted by Gasteiger charge is -2.26. The van der Waals surface area contributed by atoms with E-state index in [9.17, 15) is 14.7 Å². The summed E-state index contributed by atoms with van der Waals surface area (Å²) < 4.78 is 10.8. The van der Waals surface area contributed by atoms with E-state index in [1.54, 1.807) is 11.0 Å². The van der Waals surface area contributed by atoms with Gasteiger partial charge in [0, 0.05) is 18.0 Å². The van der Waals surface area contributed by atoms with Gasteiger partial charge >= 0.3 is 0 Å². The van der Waals surface area contributed by atoms with Gasteiger partial charge in [0.2, 0.25) is 5.78 Å². The lowest BCUT2D eigenvalue weighted by molar-refractivity contribution is -0.129. The van der Waals surface area contributed by atoms with E-state index in [0.29, 0.717) is 19.6 Å². The molecule has 0 aromatic carbocycles. The van der Waals surface area contributed by atoms with E-state index in [1.807, 2.05) is 32.2 Å². The topological polar surface area (TPSA) is 80.0 Å². The van der Waals surface area contributed by atoms with E-state index in [4.69, 9.17) is 9.15 Å². The number of ketones is 1. The molecule has 6 nitrogen and oxygen atoms in total. The number of aliphatic hydroxyl groups excluding tert-OH is 1. The lowest BCUT2D eigenvalue weighted by Crippen LogP contribution is -2.32. The van der Waals surface area contributed by atoms with Gasteiger partial charge in [-0.05, 0) is 56.3 Å². The van der Waals surface area contributed by atoms with Crippen LogP contribution in [0.25, 0.3) is 0 Å². The monoisotopic (exact) mass is 389 g/mol. The third-order valence-corrected chi connectivity index (χ3v) is 5.51. The van der Waals surface area contributed by atoms with Gasteiger partial charge in [-0.1, -0.05) is 0 Å². The molecule has 1 unspecified atom stereocenters. The second-order valence-electron chi connectivity index (χ2n) is 6.71. The molecule has 1 atom stereocenters. The normalized spacial score (nSPS) is 17.4. The number of Topliss-reactive ketones (excluding diaryl/α,β-unsaturated/α-hetero) is 1. The van der Waals surface area contributed by atoms with Crippen LogP contribution >= 0.6 is 11.3 Å². The molecular formula is C20H23NO5S. The van der Waals surface area contributed by atoms with Crippen molar-refractivity contribution in [1.82, 2.24) is 4.90 Å². The smallest absolute Gasteiger partial charge is 0.290 e. The Bertz CT molecular complexity index is 850. The maximum absolute atomic E-state index is 12.9. The highest BCUT2D eigenvalue weighted by atomic mass is 32.1. The Morgan fingerprint density at radius 2 is 2.19 bits per heavy atom. The molecule has 3 rings (SSSR count). The van der Waals surface area contributed by atoms with E-state index < -0.39 is 23.5 Å². The van der Waals surface area contributed by atoms with Gasteiger partial charge in [0.25, 0.3) is 5.91 Å². The van der Waals surface area contributed by atoms with Crippen LogP contribution in [0.1, 0.15) is 47.3 Å². The van der Waals surface area contributed by atoms with Crippen LogP contribution in [0.2, 0.25) is 0 Å². The van der Waals surface area contributed by atoms with E-state index in [0.717, 1.165) is 10.4 Å². The Morgan fingerprint density at radius 1 is 1.41 bits per heavy atom. The zero-order valence-electron chi connectivity index (χ0n) is 15.6. The fraction of sp³-hybridized carbons (Fsp3) is 0.400. The first-order valence-corrected chi connectivity index (χ1v) is 9.77. The molecule has 1 aliphatic heterocycles. The van der Waals surface area contributed by atoms with Crippen LogP contribution in [-0.2, 0) is 9.53 Å². The van der Waals surface area contributed by atoms with Crippen molar-refractivity contribution in [3.8, 4) is 0 Å². The molecule has 0 saturated heterocycles. The molecule has 0 saturated carbocycles. The predicted octanol–water partition coefficient (Wildman–Crippen LogP) is 4.04. The highest BCUT2D eigenvalue weighted by Crippen LogP contribution is 2.42. The maximum atomic E-state index is 12.9. The van der Waals surface area contributed by atoms with E-state index in [1.165, 1.54) is 23.7 Å². The minimum atomic E-state index is -0.617. The maximum Gasteiger partial charge on any atom is 0.290 e. The van der Waals surface area contributed by atoms with Gasteiger partial charge in [-0.25, -0.2) is 0 Å². The van der Waals surface area contributed by atoms with Crippen LogP contribution < -0.4 is 0 Å². The van der Waals surface area contributed by atoms with Gasteiger partial charge in [-0.15, -0.1) is 11.3 Å². The second kappa shape index (κ2) is 8.10. The average molecular weight is 389 g/mol. The first-order chi connectivity index (χ1) is 12.9. The molecule has 0 radical (unpaired) electrons. The Hall–Kier alpha value is -2.38. The molecule has 1 amide bonds. The number of nitrogens with zero attached hydrogens (tertiary/aromatic N) is 1. The quantitative estimate of drug-likeness (QED) is 0.544. The zero-order chi connectivity index (χ0) is 19.6. The van der Waals surface area contributed by atoms with Crippen LogP contribution in [0, 0.1) is 6.92 Å². The lowest BCUT2D eigenvalue weighted by atomic mass is 9.98. The Balaban J connectivity index is 1.92. The fourth-order valence-corrected chi connectivity index (χ4v) is 4.19. The van der Waals surface area contributed by atoms with Crippen molar-refractivity contribution >= 4 is 23.0 Å². The number of carbonyl (C=O) groups is 2. The number of hydrogen-bond donors (Lipinski definition) is 1. The molecule has 1 N–H and O–H groups in total. The van der Waals surface area contributed by atoms with Crippen LogP contribution in [-0.4, -0.2) is 41.0 Å². The molecule has 1 aliphatic rings. The first kappa shape index (κ1) is 19.4. The number of aryl methyl sites for hydroxylation is 1. The minimum absolute atomic E-state index is 0.0743. The number of amides is 1. The number of carbonyl (C=O) groups excluding carboxylic acids is 2.